The van der Waals surface area contributed by atoms with E-state index in [0.29, 0.717) is 12.8 Å². The Morgan fingerprint density at radius 1 is 1.03 bits per heavy atom. The van der Waals surface area contributed by atoms with E-state index in [1.54, 1.807) is 30.6 Å². The van der Waals surface area contributed by atoms with E-state index in [2.05, 4.69) is 9.97 Å². The van der Waals surface area contributed by atoms with Gasteiger partial charge in [-0.15, -0.1) is 0 Å². The van der Waals surface area contributed by atoms with Gasteiger partial charge in [0.25, 0.3) is 0 Å². The largest absolute Gasteiger partial charge is 0.508 e. The number of amides is 1. The van der Waals surface area contributed by atoms with Crippen molar-refractivity contribution in [3.05, 3.63) is 47.8 Å². The van der Waals surface area contributed by atoms with Gasteiger partial charge in [-0.25, -0.2) is 18.0 Å². The normalized spacial score (nSPS) is 19.8. The summed E-state index contributed by atoms with van der Waals surface area (Å²) in [5.41, 5.74) is -2.47. The molecule has 5 rings (SSSR count). The lowest BCUT2D eigenvalue weighted by Gasteiger charge is -2.42. The summed E-state index contributed by atoms with van der Waals surface area (Å²) in [5.74, 6) is -3.75. The molecule has 7 nitrogen and oxygen atoms in total. The van der Waals surface area contributed by atoms with Crippen molar-refractivity contribution in [2.24, 2.45) is 0 Å². The third-order valence-electron chi connectivity index (χ3n) is 6.44. The van der Waals surface area contributed by atoms with Gasteiger partial charge in [-0.05, 0) is 57.9 Å². The number of halogens is 4. The molecule has 0 aliphatic carbocycles. The second-order valence-corrected chi connectivity index (χ2v) is 10.1. The average Bonchev–Trinajstić information content (AvgIpc) is 3.05. The van der Waals surface area contributed by atoms with Gasteiger partial charge in [0.1, 0.15) is 34.3 Å². The summed E-state index contributed by atoms with van der Waals surface area (Å²) in [7, 11) is 0. The molecule has 11 heteroatoms. The number of anilines is 1. The Morgan fingerprint density at radius 3 is 2.33 bits per heavy atom. The van der Waals surface area contributed by atoms with Crippen molar-refractivity contribution >= 4 is 22.8 Å². The summed E-state index contributed by atoms with van der Waals surface area (Å²) >= 11 is 0. The first-order chi connectivity index (χ1) is 16.9. The molecule has 2 bridgehead atoms. The molecule has 1 amide bonds. The first-order valence-electron chi connectivity index (χ1n) is 11.5. The fourth-order valence-corrected chi connectivity index (χ4v) is 5.03. The zero-order valence-corrected chi connectivity index (χ0v) is 19.9. The number of carbonyl (C=O) groups is 1. The van der Waals surface area contributed by atoms with Crippen LogP contribution in [0.15, 0.2) is 24.3 Å². The molecule has 3 aromatic rings. The number of phenolic OH excluding ortho intramolecular Hbond substituents is 1. The fraction of sp³-hybridized carbons (Fsp3) is 0.400. The number of nitrogens with zero attached hydrogens (tertiary/aromatic N) is 4. The van der Waals surface area contributed by atoms with Crippen LogP contribution in [0, 0.1) is 23.5 Å². The van der Waals surface area contributed by atoms with E-state index in [0.717, 1.165) is 24.3 Å². The molecule has 2 aliphatic heterocycles. The second-order valence-electron chi connectivity index (χ2n) is 10.1. The number of hydrogen-bond donors (Lipinski definition) is 1. The zero-order chi connectivity index (χ0) is 25.9. The third kappa shape index (κ3) is 4.16. The van der Waals surface area contributed by atoms with Crippen molar-refractivity contribution in [3.8, 4) is 16.9 Å². The lowest BCUT2D eigenvalue weighted by atomic mass is 10.0. The Kier molecular flexibility index (Phi) is 5.68. The third-order valence-corrected chi connectivity index (χ3v) is 6.44. The lowest BCUT2D eigenvalue weighted by molar-refractivity contribution is 0.0122. The number of rotatable bonds is 2. The highest BCUT2D eigenvalue weighted by molar-refractivity contribution is 5.93. The summed E-state index contributed by atoms with van der Waals surface area (Å²) in [4.78, 5) is 23.5. The smallest absolute Gasteiger partial charge is 0.410 e. The first kappa shape index (κ1) is 24.1. The van der Waals surface area contributed by atoms with Gasteiger partial charge in [0, 0.05) is 24.0 Å². The van der Waals surface area contributed by atoms with Crippen LogP contribution in [-0.2, 0) is 4.74 Å². The summed E-state index contributed by atoms with van der Waals surface area (Å²) < 4.78 is 65.1. The monoisotopic (exact) mass is 504 g/mol. The highest BCUT2D eigenvalue weighted by Crippen LogP contribution is 2.39. The molecule has 0 radical (unpaired) electrons. The summed E-state index contributed by atoms with van der Waals surface area (Å²) in [6.45, 7) is 5.84. The maximum Gasteiger partial charge on any atom is 0.410 e. The van der Waals surface area contributed by atoms with Gasteiger partial charge in [-0.1, -0.05) is 0 Å². The minimum absolute atomic E-state index is 0.0148. The molecule has 2 atom stereocenters. The average molecular weight is 504 g/mol. The van der Waals surface area contributed by atoms with Crippen LogP contribution in [0.2, 0.25) is 0 Å². The van der Waals surface area contributed by atoms with Crippen LogP contribution < -0.4 is 4.90 Å². The maximum atomic E-state index is 15.5. The Balaban J connectivity index is 1.55. The predicted octanol–water partition coefficient (Wildman–Crippen LogP) is 5.15. The topological polar surface area (TPSA) is 78.8 Å². The van der Waals surface area contributed by atoms with Crippen LogP contribution >= 0.6 is 0 Å². The number of piperazine rings is 1. The summed E-state index contributed by atoms with van der Waals surface area (Å²) in [6.07, 6.45) is -0.291. The fourth-order valence-electron chi connectivity index (χ4n) is 5.03. The van der Waals surface area contributed by atoms with Gasteiger partial charge in [-0.3, -0.25) is 4.90 Å². The van der Waals surface area contributed by atoms with E-state index in [1.807, 2.05) is 0 Å². The molecule has 2 fully saturated rings. The number of aromatic hydroxyl groups is 1. The van der Waals surface area contributed by atoms with Gasteiger partial charge in [-0.2, -0.15) is 14.4 Å². The van der Waals surface area contributed by atoms with Crippen molar-refractivity contribution in [1.29, 1.82) is 0 Å². The van der Waals surface area contributed by atoms with E-state index in [9.17, 15) is 18.7 Å². The van der Waals surface area contributed by atoms with Crippen LogP contribution in [-0.4, -0.2) is 56.8 Å². The van der Waals surface area contributed by atoms with Crippen LogP contribution in [0.3, 0.4) is 0 Å². The Bertz CT molecular complexity index is 1360. The van der Waals surface area contributed by atoms with E-state index in [-0.39, 0.29) is 36.4 Å². The molecule has 1 N–H and O–H groups in total. The van der Waals surface area contributed by atoms with Crippen molar-refractivity contribution in [3.63, 3.8) is 0 Å². The molecule has 190 valence electrons. The highest BCUT2D eigenvalue weighted by Gasteiger charge is 2.45. The van der Waals surface area contributed by atoms with E-state index < -0.39 is 57.6 Å². The van der Waals surface area contributed by atoms with Gasteiger partial charge < -0.3 is 14.7 Å². The lowest BCUT2D eigenvalue weighted by Crippen LogP contribution is -2.57. The van der Waals surface area contributed by atoms with Crippen LogP contribution in [0.1, 0.15) is 33.6 Å². The number of fused-ring (bicyclic) bond motifs is 3. The van der Waals surface area contributed by atoms with E-state index in [1.165, 1.54) is 0 Å². The quantitative estimate of drug-likeness (QED) is 0.384. The van der Waals surface area contributed by atoms with Crippen LogP contribution in [0.5, 0.6) is 5.75 Å². The summed E-state index contributed by atoms with van der Waals surface area (Å²) in [6, 6.07) is 3.24. The SMILES string of the molecule is CC(C)(C)OC(=O)N1[C@@H]2CC[C@H]1CN(c1nc(F)nc3c(F)c(-c4cc(O)ccc4F)c(F)cc13)C2. The van der Waals surface area contributed by atoms with Gasteiger partial charge >= 0.3 is 12.2 Å². The van der Waals surface area contributed by atoms with Crippen molar-refractivity contribution in [1.82, 2.24) is 14.9 Å². The highest BCUT2D eigenvalue weighted by atomic mass is 19.1. The molecule has 0 saturated carbocycles. The maximum absolute atomic E-state index is 15.5. The Labute approximate surface area is 204 Å². The zero-order valence-electron chi connectivity index (χ0n) is 19.9. The second kappa shape index (κ2) is 8.49. The van der Waals surface area contributed by atoms with Gasteiger partial charge in [0.15, 0.2) is 5.82 Å². The molecule has 3 heterocycles. The van der Waals surface area contributed by atoms with Crippen LogP contribution in [0.4, 0.5) is 28.2 Å². The summed E-state index contributed by atoms with van der Waals surface area (Å²) in [5, 5.41) is 9.61. The number of benzene rings is 2. The Morgan fingerprint density at radius 2 is 1.69 bits per heavy atom. The standard InChI is InChI=1S/C25H24F4N4O3/c1-25(2,3)36-24(35)33-12-4-5-13(33)11-32(10-12)22-16-9-18(27)19(15-8-14(34)6-7-17(15)26)20(28)21(16)30-23(29)31-22/h6-9,12-13,34H,4-5,10-11H2,1-3H3/t12-,13+. The molecule has 36 heavy (non-hydrogen) atoms. The molecule has 2 aromatic carbocycles. The Hall–Kier alpha value is -3.63. The molecular weight excluding hydrogens is 480 g/mol. The first-order valence-corrected chi connectivity index (χ1v) is 11.5. The minimum atomic E-state index is -1.27. The predicted molar refractivity (Wildman–Crippen MR) is 124 cm³/mol. The van der Waals surface area contributed by atoms with Crippen molar-refractivity contribution in [2.75, 3.05) is 18.0 Å². The van der Waals surface area contributed by atoms with Crippen molar-refractivity contribution < 1.29 is 32.2 Å². The molecule has 1 aromatic heterocycles. The van der Waals surface area contributed by atoms with Crippen molar-refractivity contribution in [2.45, 2.75) is 51.3 Å². The molecule has 0 unspecified atom stereocenters. The molecule has 0 spiro atoms. The molecule has 2 aliphatic rings. The number of ether oxygens (including phenoxy) is 1. The number of phenols is 1. The van der Waals surface area contributed by atoms with E-state index >= 15 is 8.78 Å². The number of aromatic nitrogens is 2. The minimum Gasteiger partial charge on any atom is -0.508 e. The van der Waals surface area contributed by atoms with Gasteiger partial charge in [0.05, 0.1) is 17.6 Å². The molecule has 2 saturated heterocycles. The van der Waals surface area contributed by atoms with E-state index in [4.69, 9.17) is 4.74 Å². The van der Waals surface area contributed by atoms with Crippen LogP contribution in [0.25, 0.3) is 22.0 Å². The number of hydrogen-bond acceptors (Lipinski definition) is 6. The number of carbonyl (C=O) groups excluding carboxylic acids is 1. The molecular formula is C25H24F4N4O3. The van der Waals surface area contributed by atoms with Gasteiger partial charge in [0.2, 0.25) is 0 Å².